The molecular formula is C31H27FN8O2. The summed E-state index contributed by atoms with van der Waals surface area (Å²) in [4.78, 5) is 41.0. The van der Waals surface area contributed by atoms with E-state index in [0.29, 0.717) is 45.3 Å². The van der Waals surface area contributed by atoms with Crippen molar-refractivity contribution in [3.8, 4) is 11.3 Å². The normalized spacial score (nSPS) is 14.6. The van der Waals surface area contributed by atoms with Crippen molar-refractivity contribution >= 4 is 34.7 Å². The van der Waals surface area contributed by atoms with Crippen LogP contribution in [-0.4, -0.2) is 49.3 Å². The lowest BCUT2D eigenvalue weighted by Crippen LogP contribution is -2.42. The molecule has 0 unspecified atom stereocenters. The monoisotopic (exact) mass is 562 g/mol. The van der Waals surface area contributed by atoms with Crippen molar-refractivity contribution in [3.05, 3.63) is 107 Å². The van der Waals surface area contributed by atoms with Gasteiger partial charge >= 0.3 is 0 Å². The van der Waals surface area contributed by atoms with Gasteiger partial charge in [-0.3, -0.25) is 9.59 Å². The molecule has 2 amide bonds. The Kier molecular flexibility index (Phi) is 6.91. The van der Waals surface area contributed by atoms with Gasteiger partial charge in [0.05, 0.1) is 11.4 Å². The van der Waals surface area contributed by atoms with E-state index < -0.39 is 23.8 Å². The fraction of sp³-hybridized carbons (Fsp3) is 0.161. The van der Waals surface area contributed by atoms with Crippen LogP contribution in [0.2, 0.25) is 0 Å². The molecule has 5 aromatic rings. The molecule has 0 radical (unpaired) electrons. The zero-order valence-electron chi connectivity index (χ0n) is 23.1. The largest absolute Gasteiger partial charge is 0.368 e. The summed E-state index contributed by atoms with van der Waals surface area (Å²) in [6, 6.07) is 19.1. The van der Waals surface area contributed by atoms with E-state index in [1.807, 2.05) is 63.2 Å². The zero-order chi connectivity index (χ0) is 29.4. The third-order valence-corrected chi connectivity index (χ3v) is 6.74. The lowest BCUT2D eigenvalue weighted by Gasteiger charge is -2.14. The number of fused-ring (bicyclic) bond motifs is 2. The molecule has 3 aromatic heterocycles. The summed E-state index contributed by atoms with van der Waals surface area (Å²) in [6.07, 6.45) is 1.87. The van der Waals surface area contributed by atoms with Gasteiger partial charge in [0, 0.05) is 40.8 Å². The number of aliphatic imine (C=N–C) groups is 1. The van der Waals surface area contributed by atoms with Crippen LogP contribution in [0, 0.1) is 12.7 Å². The molecule has 1 aliphatic rings. The minimum absolute atomic E-state index is 0.00279. The SMILES string of the molecule is Cc1nc(NC(C)C)ccc1-c1nn2cccnc2c1C(=O)N[C@H]1N=C(c2ccccc2)c2cccc(F)c2NC1=O. The van der Waals surface area contributed by atoms with Crippen LogP contribution in [-0.2, 0) is 4.79 Å². The number of aryl methyl sites for hydroxylation is 1. The predicted octanol–water partition coefficient (Wildman–Crippen LogP) is 4.60. The fourth-order valence-electron chi connectivity index (χ4n) is 4.89. The number of anilines is 2. The van der Waals surface area contributed by atoms with Gasteiger partial charge in [0.25, 0.3) is 11.8 Å². The van der Waals surface area contributed by atoms with Gasteiger partial charge in [-0.15, -0.1) is 0 Å². The molecule has 1 atom stereocenters. The Morgan fingerprint density at radius 3 is 2.60 bits per heavy atom. The second-order valence-electron chi connectivity index (χ2n) is 10.1. The third-order valence-electron chi connectivity index (χ3n) is 6.74. The fourth-order valence-corrected chi connectivity index (χ4v) is 4.89. The maximum atomic E-state index is 14.9. The van der Waals surface area contributed by atoms with Gasteiger partial charge in [-0.2, -0.15) is 5.10 Å². The molecular weight excluding hydrogens is 535 g/mol. The molecule has 0 fully saturated rings. The average Bonchev–Trinajstić information content (AvgIpc) is 3.29. The molecule has 6 rings (SSSR count). The summed E-state index contributed by atoms with van der Waals surface area (Å²) in [5, 5.41) is 13.3. The topological polar surface area (TPSA) is 126 Å². The van der Waals surface area contributed by atoms with E-state index in [0.717, 1.165) is 0 Å². The number of hydrogen-bond acceptors (Lipinski definition) is 7. The number of carbonyl (C=O) groups is 2. The summed E-state index contributed by atoms with van der Waals surface area (Å²) >= 11 is 0. The number of rotatable bonds is 6. The molecule has 0 saturated carbocycles. The van der Waals surface area contributed by atoms with Crippen LogP contribution in [0.25, 0.3) is 16.9 Å². The van der Waals surface area contributed by atoms with E-state index in [2.05, 4.69) is 36.0 Å². The smallest absolute Gasteiger partial charge is 0.269 e. The molecule has 2 aromatic carbocycles. The van der Waals surface area contributed by atoms with Gasteiger partial charge in [-0.05, 0) is 45.0 Å². The molecule has 0 spiro atoms. The van der Waals surface area contributed by atoms with Crippen molar-refractivity contribution in [3.63, 3.8) is 0 Å². The van der Waals surface area contributed by atoms with Gasteiger partial charge in [-0.25, -0.2) is 23.9 Å². The van der Waals surface area contributed by atoms with Gasteiger partial charge < -0.3 is 16.0 Å². The Labute approximate surface area is 240 Å². The van der Waals surface area contributed by atoms with Crippen LogP contribution in [0.3, 0.4) is 0 Å². The maximum Gasteiger partial charge on any atom is 0.269 e. The lowest BCUT2D eigenvalue weighted by atomic mass is 10.0. The van der Waals surface area contributed by atoms with Crippen LogP contribution >= 0.6 is 0 Å². The van der Waals surface area contributed by atoms with Gasteiger partial charge in [0.1, 0.15) is 22.9 Å². The Bertz CT molecular complexity index is 1870. The first-order valence-electron chi connectivity index (χ1n) is 13.4. The highest BCUT2D eigenvalue weighted by atomic mass is 19.1. The van der Waals surface area contributed by atoms with Crippen molar-refractivity contribution in [2.75, 3.05) is 10.6 Å². The molecule has 42 heavy (non-hydrogen) atoms. The lowest BCUT2D eigenvalue weighted by molar-refractivity contribution is -0.117. The van der Waals surface area contributed by atoms with Gasteiger partial charge in [-0.1, -0.05) is 42.5 Å². The quantitative estimate of drug-likeness (QED) is 0.278. The van der Waals surface area contributed by atoms with E-state index >= 15 is 0 Å². The van der Waals surface area contributed by atoms with E-state index in [1.54, 1.807) is 30.6 Å². The highest BCUT2D eigenvalue weighted by Crippen LogP contribution is 2.30. The molecule has 11 heteroatoms. The second-order valence-corrected chi connectivity index (χ2v) is 10.1. The molecule has 0 aliphatic carbocycles. The Balaban J connectivity index is 1.43. The highest BCUT2D eigenvalue weighted by Gasteiger charge is 2.31. The molecule has 0 saturated heterocycles. The minimum atomic E-state index is -1.37. The Morgan fingerprint density at radius 1 is 1.02 bits per heavy atom. The molecule has 0 bridgehead atoms. The summed E-state index contributed by atoms with van der Waals surface area (Å²) in [6.45, 7) is 5.87. The standard InChI is InChI=1S/C31H27FN8O2/c1-17(2)34-23-14-13-20(18(3)35-23)27-24(29-33-15-8-16-40(29)39-27)30(41)38-28-31(42)37-26-21(11-7-12-22(26)32)25(36-28)19-9-5-4-6-10-19/h4-17,28H,1-3H3,(H,34,35)(H,37,42)(H,38,41)/t28-/m1/s1. The molecule has 10 nitrogen and oxygen atoms in total. The van der Waals surface area contributed by atoms with E-state index in [9.17, 15) is 14.0 Å². The summed E-state index contributed by atoms with van der Waals surface area (Å²) in [5.41, 5.74) is 3.51. The van der Waals surface area contributed by atoms with Crippen molar-refractivity contribution in [1.29, 1.82) is 0 Å². The van der Waals surface area contributed by atoms with Crippen molar-refractivity contribution < 1.29 is 14.0 Å². The third kappa shape index (κ3) is 4.96. The Hall–Kier alpha value is -5.45. The first-order valence-corrected chi connectivity index (χ1v) is 13.4. The molecule has 1 aliphatic heterocycles. The number of benzodiazepines with no additional fused rings is 1. The first kappa shape index (κ1) is 26.8. The van der Waals surface area contributed by atoms with Gasteiger partial charge in [0.15, 0.2) is 5.65 Å². The zero-order valence-corrected chi connectivity index (χ0v) is 23.1. The predicted molar refractivity (Wildman–Crippen MR) is 158 cm³/mol. The van der Waals surface area contributed by atoms with Crippen LogP contribution in [0.15, 0.2) is 84.1 Å². The van der Waals surface area contributed by atoms with E-state index in [4.69, 9.17) is 0 Å². The molecule has 210 valence electrons. The van der Waals surface area contributed by atoms with E-state index in [-0.39, 0.29) is 17.3 Å². The first-order chi connectivity index (χ1) is 20.3. The number of benzene rings is 2. The number of hydrogen-bond donors (Lipinski definition) is 3. The van der Waals surface area contributed by atoms with Crippen LogP contribution in [0.4, 0.5) is 15.9 Å². The number of halogens is 1. The number of nitrogens with zero attached hydrogens (tertiary/aromatic N) is 5. The molecule has 3 N–H and O–H groups in total. The highest BCUT2D eigenvalue weighted by molar-refractivity contribution is 6.20. The van der Waals surface area contributed by atoms with Crippen LogP contribution in [0.1, 0.15) is 41.0 Å². The molecule has 4 heterocycles. The number of amides is 2. The number of nitrogens with one attached hydrogen (secondary N) is 3. The number of pyridine rings is 1. The van der Waals surface area contributed by atoms with Crippen molar-refractivity contribution in [1.82, 2.24) is 24.9 Å². The summed E-state index contributed by atoms with van der Waals surface area (Å²) < 4.78 is 16.4. The van der Waals surface area contributed by atoms with Crippen LogP contribution < -0.4 is 16.0 Å². The van der Waals surface area contributed by atoms with Crippen molar-refractivity contribution in [2.24, 2.45) is 4.99 Å². The minimum Gasteiger partial charge on any atom is -0.368 e. The van der Waals surface area contributed by atoms with E-state index in [1.165, 1.54) is 10.6 Å². The summed E-state index contributed by atoms with van der Waals surface area (Å²) in [5.74, 6) is -1.22. The number of aromatic nitrogens is 4. The average molecular weight is 563 g/mol. The van der Waals surface area contributed by atoms with Crippen molar-refractivity contribution in [2.45, 2.75) is 33.0 Å². The maximum absolute atomic E-state index is 14.9. The number of para-hydroxylation sites is 1. The van der Waals surface area contributed by atoms with Crippen LogP contribution in [0.5, 0.6) is 0 Å². The summed E-state index contributed by atoms with van der Waals surface area (Å²) in [7, 11) is 0. The second kappa shape index (κ2) is 10.8. The Morgan fingerprint density at radius 2 is 1.83 bits per heavy atom. The number of carbonyl (C=O) groups excluding carboxylic acids is 2. The van der Waals surface area contributed by atoms with Gasteiger partial charge in [0.2, 0.25) is 6.17 Å².